The van der Waals surface area contributed by atoms with Gasteiger partial charge in [-0.2, -0.15) is 0 Å². The molecule has 3 N–H and O–H groups in total. The molecule has 0 radical (unpaired) electrons. The van der Waals surface area contributed by atoms with Gasteiger partial charge in [-0.1, -0.05) is 13.8 Å². The van der Waals surface area contributed by atoms with Crippen molar-refractivity contribution in [2.24, 2.45) is 0 Å². The third kappa shape index (κ3) is 7.54. The summed E-state index contributed by atoms with van der Waals surface area (Å²) < 4.78 is 0. The van der Waals surface area contributed by atoms with Crippen molar-refractivity contribution in [1.29, 1.82) is 0 Å². The van der Waals surface area contributed by atoms with Gasteiger partial charge in [0.1, 0.15) is 0 Å². The topological polar surface area (TPSA) is 70.2 Å². The molecule has 0 rings (SSSR count). The molecule has 0 heterocycles. The van der Waals surface area contributed by atoms with Gasteiger partial charge in [0.15, 0.2) is 0 Å². The molecule has 0 aromatic rings. The standard InChI is InChI=1S/C9H19N3O2/c1-7(2)12-6-9(14)11-5-4-8(13)10-3/h7,12H,4-6H2,1-3H3,(H,10,13)(H,11,14). The Balaban J connectivity index is 3.40. The van der Waals surface area contributed by atoms with E-state index in [9.17, 15) is 9.59 Å². The molecule has 0 aliphatic rings. The van der Waals surface area contributed by atoms with Gasteiger partial charge >= 0.3 is 0 Å². The van der Waals surface area contributed by atoms with E-state index in [0.29, 0.717) is 25.6 Å². The lowest BCUT2D eigenvalue weighted by atomic mass is 10.3. The third-order valence-corrected chi connectivity index (χ3v) is 1.62. The second-order valence-corrected chi connectivity index (χ2v) is 3.31. The molecule has 0 aliphatic heterocycles. The Labute approximate surface area is 84.6 Å². The molecule has 0 saturated carbocycles. The van der Waals surface area contributed by atoms with Crippen LogP contribution in [0.1, 0.15) is 20.3 Å². The largest absolute Gasteiger partial charge is 0.359 e. The average Bonchev–Trinajstić information content (AvgIpc) is 2.14. The summed E-state index contributed by atoms with van der Waals surface area (Å²) in [5, 5.41) is 8.11. The highest BCUT2D eigenvalue weighted by atomic mass is 16.2. The van der Waals surface area contributed by atoms with E-state index in [1.54, 1.807) is 7.05 Å². The highest BCUT2D eigenvalue weighted by Gasteiger charge is 2.02. The molecule has 2 amide bonds. The molecule has 0 spiro atoms. The number of nitrogens with one attached hydrogen (secondary N) is 3. The smallest absolute Gasteiger partial charge is 0.233 e. The van der Waals surface area contributed by atoms with Crippen LogP contribution in [-0.2, 0) is 9.59 Å². The van der Waals surface area contributed by atoms with Crippen molar-refractivity contribution in [2.45, 2.75) is 26.3 Å². The number of carbonyl (C=O) groups is 2. The first-order valence-electron chi connectivity index (χ1n) is 4.77. The molecule has 5 heteroatoms. The Hall–Kier alpha value is -1.10. The van der Waals surface area contributed by atoms with Crippen molar-refractivity contribution < 1.29 is 9.59 Å². The predicted octanol–water partition coefficient (Wildman–Crippen LogP) is -0.763. The summed E-state index contributed by atoms with van der Waals surface area (Å²) in [6, 6.07) is 0.291. The van der Waals surface area contributed by atoms with Gasteiger partial charge in [-0.3, -0.25) is 9.59 Å². The molecule has 14 heavy (non-hydrogen) atoms. The Morgan fingerprint density at radius 1 is 1.21 bits per heavy atom. The van der Waals surface area contributed by atoms with Gasteiger partial charge in [-0.25, -0.2) is 0 Å². The minimum atomic E-state index is -0.0809. The fourth-order valence-corrected chi connectivity index (χ4v) is 0.800. The molecule has 0 saturated heterocycles. The van der Waals surface area contributed by atoms with Gasteiger partial charge < -0.3 is 16.0 Å². The fraction of sp³-hybridized carbons (Fsp3) is 0.778. The van der Waals surface area contributed by atoms with Gasteiger partial charge in [-0.05, 0) is 0 Å². The van der Waals surface area contributed by atoms with Gasteiger partial charge in [0.05, 0.1) is 6.54 Å². The average molecular weight is 201 g/mol. The summed E-state index contributed by atoms with van der Waals surface area (Å²) in [6.45, 7) is 4.62. The lowest BCUT2D eigenvalue weighted by molar-refractivity contribution is -0.121. The molecule has 82 valence electrons. The van der Waals surface area contributed by atoms with E-state index in [4.69, 9.17) is 0 Å². The monoisotopic (exact) mass is 201 g/mol. The maximum Gasteiger partial charge on any atom is 0.233 e. The van der Waals surface area contributed by atoms with Gasteiger partial charge in [-0.15, -0.1) is 0 Å². The zero-order valence-corrected chi connectivity index (χ0v) is 9.02. The molecule has 0 fully saturated rings. The van der Waals surface area contributed by atoms with Crippen molar-refractivity contribution in [3.8, 4) is 0 Å². The van der Waals surface area contributed by atoms with Crippen LogP contribution in [0.2, 0.25) is 0 Å². The fourth-order valence-electron chi connectivity index (χ4n) is 0.800. The highest BCUT2D eigenvalue weighted by molar-refractivity contribution is 5.79. The van der Waals surface area contributed by atoms with Crippen LogP contribution in [0.4, 0.5) is 0 Å². The van der Waals surface area contributed by atoms with Crippen molar-refractivity contribution in [3.05, 3.63) is 0 Å². The molecule has 0 aromatic carbocycles. The minimum absolute atomic E-state index is 0.0675. The quantitative estimate of drug-likeness (QED) is 0.529. The Kier molecular flexibility index (Phi) is 6.74. The van der Waals surface area contributed by atoms with E-state index in [1.165, 1.54) is 0 Å². The van der Waals surface area contributed by atoms with E-state index in [1.807, 2.05) is 13.8 Å². The van der Waals surface area contributed by atoms with E-state index in [-0.39, 0.29) is 11.8 Å². The van der Waals surface area contributed by atoms with Crippen molar-refractivity contribution in [1.82, 2.24) is 16.0 Å². The van der Waals surface area contributed by atoms with Gasteiger partial charge in [0.2, 0.25) is 11.8 Å². The molecule has 0 bridgehead atoms. The van der Waals surface area contributed by atoms with Crippen LogP contribution < -0.4 is 16.0 Å². The van der Waals surface area contributed by atoms with Crippen molar-refractivity contribution in [2.75, 3.05) is 20.1 Å². The maximum atomic E-state index is 11.1. The zero-order valence-electron chi connectivity index (χ0n) is 9.02. The lowest BCUT2D eigenvalue weighted by Gasteiger charge is -2.08. The molecular formula is C9H19N3O2. The van der Waals surface area contributed by atoms with Crippen LogP contribution in [0.5, 0.6) is 0 Å². The summed E-state index contributed by atoms with van der Waals surface area (Å²) >= 11 is 0. The van der Waals surface area contributed by atoms with Crippen LogP contribution in [0, 0.1) is 0 Å². The summed E-state index contributed by atoms with van der Waals surface area (Å²) in [4.78, 5) is 21.9. The van der Waals surface area contributed by atoms with E-state index < -0.39 is 0 Å². The summed E-state index contributed by atoms with van der Waals surface area (Å²) in [6.07, 6.45) is 0.323. The summed E-state index contributed by atoms with van der Waals surface area (Å²) in [7, 11) is 1.57. The normalized spacial score (nSPS) is 10.0. The molecule has 5 nitrogen and oxygen atoms in total. The second-order valence-electron chi connectivity index (χ2n) is 3.31. The second kappa shape index (κ2) is 7.32. The SMILES string of the molecule is CNC(=O)CCNC(=O)CNC(C)C. The van der Waals surface area contributed by atoms with Crippen LogP contribution in [0.15, 0.2) is 0 Å². The Morgan fingerprint density at radius 2 is 1.86 bits per heavy atom. The molecule has 0 aromatic heterocycles. The number of rotatable bonds is 6. The van der Waals surface area contributed by atoms with Crippen LogP contribution in [0.25, 0.3) is 0 Å². The number of amides is 2. The lowest BCUT2D eigenvalue weighted by Crippen LogP contribution is -2.38. The van der Waals surface area contributed by atoms with Crippen LogP contribution in [0.3, 0.4) is 0 Å². The minimum Gasteiger partial charge on any atom is -0.359 e. The number of carbonyl (C=O) groups excluding carboxylic acids is 2. The predicted molar refractivity (Wildman–Crippen MR) is 54.8 cm³/mol. The van der Waals surface area contributed by atoms with Crippen LogP contribution >= 0.6 is 0 Å². The van der Waals surface area contributed by atoms with E-state index in [2.05, 4.69) is 16.0 Å². The third-order valence-electron chi connectivity index (χ3n) is 1.62. The summed E-state index contributed by atoms with van der Waals surface area (Å²) in [5.74, 6) is -0.148. The molecule has 0 unspecified atom stereocenters. The van der Waals surface area contributed by atoms with Gasteiger partial charge in [0.25, 0.3) is 0 Å². The van der Waals surface area contributed by atoms with Crippen molar-refractivity contribution in [3.63, 3.8) is 0 Å². The van der Waals surface area contributed by atoms with Gasteiger partial charge in [0, 0.05) is 26.1 Å². The number of hydrogen-bond donors (Lipinski definition) is 3. The zero-order chi connectivity index (χ0) is 11.0. The van der Waals surface area contributed by atoms with Crippen LogP contribution in [-0.4, -0.2) is 38.0 Å². The number of hydrogen-bond acceptors (Lipinski definition) is 3. The molecular weight excluding hydrogens is 182 g/mol. The first kappa shape index (κ1) is 12.9. The van der Waals surface area contributed by atoms with E-state index in [0.717, 1.165) is 0 Å². The first-order valence-corrected chi connectivity index (χ1v) is 4.77. The molecule has 0 atom stereocenters. The molecule has 0 aliphatic carbocycles. The van der Waals surface area contributed by atoms with E-state index >= 15 is 0 Å². The maximum absolute atomic E-state index is 11.1. The highest BCUT2D eigenvalue weighted by Crippen LogP contribution is 1.77. The Morgan fingerprint density at radius 3 is 2.36 bits per heavy atom. The summed E-state index contributed by atoms with van der Waals surface area (Å²) in [5.41, 5.74) is 0. The Bertz CT molecular complexity index is 192. The first-order chi connectivity index (χ1) is 6.56. The van der Waals surface area contributed by atoms with Crippen molar-refractivity contribution >= 4 is 11.8 Å².